The number of para-hydroxylation sites is 2. The molecular formula is C13H18N4O4. The summed E-state index contributed by atoms with van der Waals surface area (Å²) in [6, 6.07) is 5.05. The van der Waals surface area contributed by atoms with Gasteiger partial charge >= 0.3 is 12.0 Å². The van der Waals surface area contributed by atoms with Crippen LogP contribution in [0.25, 0.3) is 0 Å². The van der Waals surface area contributed by atoms with Crippen molar-refractivity contribution >= 4 is 29.3 Å². The van der Waals surface area contributed by atoms with Crippen LogP contribution in [0.5, 0.6) is 0 Å². The molecule has 0 saturated heterocycles. The number of rotatable bonds is 5. The number of carboxylic acids is 1. The van der Waals surface area contributed by atoms with Crippen LogP contribution in [0.4, 0.5) is 16.2 Å². The van der Waals surface area contributed by atoms with Gasteiger partial charge in [0.05, 0.1) is 11.4 Å². The van der Waals surface area contributed by atoms with Gasteiger partial charge in [-0.1, -0.05) is 12.1 Å². The van der Waals surface area contributed by atoms with Crippen LogP contribution < -0.4 is 21.3 Å². The molecule has 0 aliphatic carbocycles. The summed E-state index contributed by atoms with van der Waals surface area (Å²) in [5, 5.41) is 13.4. The molecule has 114 valence electrons. The Bertz CT molecular complexity index is 547. The van der Waals surface area contributed by atoms with E-state index in [1.807, 2.05) is 0 Å². The van der Waals surface area contributed by atoms with Gasteiger partial charge in [-0.15, -0.1) is 0 Å². The third kappa shape index (κ3) is 4.37. The summed E-state index contributed by atoms with van der Waals surface area (Å²) in [4.78, 5) is 35.5. The Morgan fingerprint density at radius 1 is 1.33 bits per heavy atom. The summed E-state index contributed by atoms with van der Waals surface area (Å²) in [6.45, 7) is 1.07. The van der Waals surface area contributed by atoms with Crippen LogP contribution in [-0.2, 0) is 9.59 Å². The molecule has 1 aromatic rings. The number of imide groups is 1. The fourth-order valence-electron chi connectivity index (χ4n) is 1.75. The molecule has 0 bridgehead atoms. The lowest BCUT2D eigenvalue weighted by atomic mass is 10.2. The van der Waals surface area contributed by atoms with Crippen molar-refractivity contribution in [1.82, 2.24) is 10.6 Å². The number of nitrogen functional groups attached to an aromatic ring is 1. The first-order valence-corrected chi connectivity index (χ1v) is 6.22. The van der Waals surface area contributed by atoms with E-state index in [2.05, 4.69) is 10.6 Å². The summed E-state index contributed by atoms with van der Waals surface area (Å²) < 4.78 is 0. The minimum Gasteiger partial charge on any atom is -0.480 e. The summed E-state index contributed by atoms with van der Waals surface area (Å²) in [5.74, 6) is -1.74. The number of benzene rings is 1. The average molecular weight is 294 g/mol. The number of nitrogens with zero attached hydrogens (tertiary/aromatic N) is 1. The number of hydrogen-bond acceptors (Lipinski definition) is 5. The SMILES string of the molecule is CNC(=O)NC(=O)C(C)N(CC(=O)O)c1ccccc1N. The van der Waals surface area contributed by atoms with Crippen LogP contribution in [-0.4, -0.2) is 42.6 Å². The first-order valence-electron chi connectivity index (χ1n) is 6.22. The molecule has 0 fully saturated rings. The third-order valence-electron chi connectivity index (χ3n) is 2.86. The molecule has 0 radical (unpaired) electrons. The second-order valence-corrected chi connectivity index (χ2v) is 4.32. The maximum Gasteiger partial charge on any atom is 0.323 e. The molecule has 8 heteroatoms. The lowest BCUT2D eigenvalue weighted by Crippen LogP contribution is -2.50. The zero-order valence-electron chi connectivity index (χ0n) is 11.8. The Hall–Kier alpha value is -2.77. The predicted molar refractivity (Wildman–Crippen MR) is 77.9 cm³/mol. The van der Waals surface area contributed by atoms with Gasteiger partial charge in [0.1, 0.15) is 12.6 Å². The van der Waals surface area contributed by atoms with E-state index in [1.165, 1.54) is 18.9 Å². The van der Waals surface area contributed by atoms with Crippen molar-refractivity contribution in [3.8, 4) is 0 Å². The molecule has 0 saturated carbocycles. The maximum absolute atomic E-state index is 12.0. The van der Waals surface area contributed by atoms with Crippen molar-refractivity contribution in [2.75, 3.05) is 24.2 Å². The zero-order valence-corrected chi connectivity index (χ0v) is 11.8. The number of anilines is 2. The molecule has 1 aromatic carbocycles. The lowest BCUT2D eigenvalue weighted by Gasteiger charge is -2.29. The van der Waals surface area contributed by atoms with Gasteiger partial charge in [0, 0.05) is 7.05 Å². The van der Waals surface area contributed by atoms with Gasteiger partial charge in [-0.2, -0.15) is 0 Å². The van der Waals surface area contributed by atoms with E-state index in [9.17, 15) is 14.4 Å². The molecule has 21 heavy (non-hydrogen) atoms. The van der Waals surface area contributed by atoms with Crippen LogP contribution in [0.2, 0.25) is 0 Å². The average Bonchev–Trinajstić information content (AvgIpc) is 2.44. The molecule has 0 heterocycles. The number of amides is 3. The van der Waals surface area contributed by atoms with Gasteiger partial charge in [-0.05, 0) is 19.1 Å². The highest BCUT2D eigenvalue weighted by Gasteiger charge is 2.26. The van der Waals surface area contributed by atoms with Crippen LogP contribution in [0, 0.1) is 0 Å². The highest BCUT2D eigenvalue weighted by molar-refractivity contribution is 5.99. The Balaban J connectivity index is 3.02. The van der Waals surface area contributed by atoms with Gasteiger partial charge in [0.15, 0.2) is 0 Å². The van der Waals surface area contributed by atoms with Crippen molar-refractivity contribution < 1.29 is 19.5 Å². The minimum absolute atomic E-state index is 0.346. The highest BCUT2D eigenvalue weighted by atomic mass is 16.4. The van der Waals surface area contributed by atoms with Crippen molar-refractivity contribution in [3.63, 3.8) is 0 Å². The van der Waals surface area contributed by atoms with E-state index in [4.69, 9.17) is 10.8 Å². The van der Waals surface area contributed by atoms with Crippen molar-refractivity contribution in [3.05, 3.63) is 24.3 Å². The predicted octanol–water partition coefficient (Wildman–Crippen LogP) is 0.00390. The number of carbonyl (C=O) groups excluding carboxylic acids is 2. The number of aliphatic carboxylic acids is 1. The van der Waals surface area contributed by atoms with Crippen molar-refractivity contribution in [1.29, 1.82) is 0 Å². The topological polar surface area (TPSA) is 125 Å². The largest absolute Gasteiger partial charge is 0.480 e. The van der Waals surface area contributed by atoms with Crippen LogP contribution in [0.3, 0.4) is 0 Å². The molecule has 0 aliphatic heterocycles. The molecular weight excluding hydrogens is 276 g/mol. The van der Waals surface area contributed by atoms with Gasteiger partial charge in [-0.3, -0.25) is 14.9 Å². The molecule has 1 rings (SSSR count). The van der Waals surface area contributed by atoms with Gasteiger partial charge in [0.2, 0.25) is 5.91 Å². The molecule has 3 amide bonds. The number of carboxylic acid groups (broad SMARTS) is 1. The number of nitrogens with two attached hydrogens (primary N) is 1. The smallest absolute Gasteiger partial charge is 0.323 e. The molecule has 5 N–H and O–H groups in total. The van der Waals surface area contributed by atoms with E-state index in [-0.39, 0.29) is 0 Å². The van der Waals surface area contributed by atoms with E-state index < -0.39 is 30.5 Å². The van der Waals surface area contributed by atoms with Crippen LogP contribution in [0.1, 0.15) is 6.92 Å². The Labute approximate surface area is 121 Å². The first-order chi connectivity index (χ1) is 9.86. The fourth-order valence-corrected chi connectivity index (χ4v) is 1.75. The van der Waals surface area contributed by atoms with Gasteiger partial charge in [-0.25, -0.2) is 4.79 Å². The third-order valence-corrected chi connectivity index (χ3v) is 2.86. The van der Waals surface area contributed by atoms with Crippen molar-refractivity contribution in [2.24, 2.45) is 0 Å². The standard InChI is InChI=1S/C13H18N4O4/c1-8(12(20)16-13(21)15-2)17(7-11(18)19)10-6-4-3-5-9(10)14/h3-6,8H,7,14H2,1-2H3,(H,18,19)(H2,15,16,20,21). The molecule has 0 aromatic heterocycles. The summed E-state index contributed by atoms with van der Waals surface area (Å²) in [5.41, 5.74) is 6.58. The number of hydrogen-bond donors (Lipinski definition) is 4. The minimum atomic E-state index is -1.11. The van der Waals surface area contributed by atoms with E-state index in [0.29, 0.717) is 11.4 Å². The molecule has 1 unspecified atom stereocenters. The van der Waals surface area contributed by atoms with E-state index in [0.717, 1.165) is 0 Å². The Morgan fingerprint density at radius 2 is 1.95 bits per heavy atom. The van der Waals surface area contributed by atoms with Gasteiger partial charge < -0.3 is 21.1 Å². The fraction of sp³-hybridized carbons (Fsp3) is 0.308. The van der Waals surface area contributed by atoms with E-state index in [1.54, 1.807) is 24.3 Å². The van der Waals surface area contributed by atoms with Gasteiger partial charge in [0.25, 0.3) is 0 Å². The number of nitrogens with one attached hydrogen (secondary N) is 2. The maximum atomic E-state index is 12.0. The highest BCUT2D eigenvalue weighted by Crippen LogP contribution is 2.24. The molecule has 8 nitrogen and oxygen atoms in total. The second-order valence-electron chi connectivity index (χ2n) is 4.32. The van der Waals surface area contributed by atoms with Crippen molar-refractivity contribution in [2.45, 2.75) is 13.0 Å². The molecule has 0 aliphatic rings. The Morgan fingerprint density at radius 3 is 2.48 bits per heavy atom. The Kier molecular flexibility index (Phi) is 5.53. The second kappa shape index (κ2) is 7.13. The summed E-state index contributed by atoms with van der Waals surface area (Å²) in [7, 11) is 1.37. The number of carbonyl (C=O) groups is 3. The normalized spacial score (nSPS) is 11.3. The number of urea groups is 1. The first kappa shape index (κ1) is 16.3. The molecule has 0 spiro atoms. The quantitative estimate of drug-likeness (QED) is 0.567. The lowest BCUT2D eigenvalue weighted by molar-refractivity contribution is -0.135. The summed E-state index contributed by atoms with van der Waals surface area (Å²) in [6.07, 6.45) is 0. The monoisotopic (exact) mass is 294 g/mol. The summed E-state index contributed by atoms with van der Waals surface area (Å²) >= 11 is 0. The van der Waals surface area contributed by atoms with E-state index >= 15 is 0 Å². The van der Waals surface area contributed by atoms with Crippen LogP contribution >= 0.6 is 0 Å². The zero-order chi connectivity index (χ0) is 16.0. The van der Waals surface area contributed by atoms with Crippen LogP contribution in [0.15, 0.2) is 24.3 Å². The molecule has 1 atom stereocenters.